The molecule has 2 N–H and O–H groups in total. The molecule has 16 heavy (non-hydrogen) atoms. The molecule has 1 aromatic rings. The van der Waals surface area contributed by atoms with Crippen molar-refractivity contribution in [3.05, 3.63) is 35.4 Å². The number of hydrogen-bond donors (Lipinski definition) is 1. The van der Waals surface area contributed by atoms with E-state index in [-0.39, 0.29) is 5.54 Å². The van der Waals surface area contributed by atoms with Crippen molar-refractivity contribution in [3.63, 3.8) is 0 Å². The van der Waals surface area contributed by atoms with Crippen LogP contribution in [0.3, 0.4) is 0 Å². The molecule has 0 fully saturated rings. The van der Waals surface area contributed by atoms with Gasteiger partial charge in [-0.2, -0.15) is 0 Å². The Morgan fingerprint density at radius 3 is 2.25 bits per heavy atom. The molecule has 90 valence electrons. The van der Waals surface area contributed by atoms with Crippen molar-refractivity contribution in [2.45, 2.75) is 52.5 Å². The second-order valence-electron chi connectivity index (χ2n) is 5.57. The van der Waals surface area contributed by atoms with E-state index in [1.807, 2.05) is 0 Å². The van der Waals surface area contributed by atoms with Crippen LogP contribution < -0.4 is 5.73 Å². The summed E-state index contributed by atoms with van der Waals surface area (Å²) in [7, 11) is 0. The fourth-order valence-electron chi connectivity index (χ4n) is 1.96. The summed E-state index contributed by atoms with van der Waals surface area (Å²) in [6.07, 6.45) is 3.53. The topological polar surface area (TPSA) is 26.0 Å². The van der Waals surface area contributed by atoms with Gasteiger partial charge in [-0.1, -0.05) is 56.5 Å². The molecule has 1 rings (SSSR count). The number of aryl methyl sites for hydroxylation is 1. The van der Waals surface area contributed by atoms with Gasteiger partial charge in [-0.3, -0.25) is 0 Å². The fourth-order valence-corrected chi connectivity index (χ4v) is 1.96. The molecule has 0 heterocycles. The standard InChI is InChI=1S/C15H25N/c1-12(2)6-5-11-15(4,16)14-9-7-13(3)8-10-14/h7-10,12H,5-6,11,16H2,1-4H3. The first-order valence-corrected chi connectivity index (χ1v) is 6.28. The van der Waals surface area contributed by atoms with E-state index in [0.29, 0.717) is 0 Å². The molecule has 1 atom stereocenters. The van der Waals surface area contributed by atoms with Crippen LogP contribution in [-0.4, -0.2) is 0 Å². The summed E-state index contributed by atoms with van der Waals surface area (Å²) in [5.41, 5.74) is 8.74. The van der Waals surface area contributed by atoms with Gasteiger partial charge in [0.15, 0.2) is 0 Å². The summed E-state index contributed by atoms with van der Waals surface area (Å²) in [4.78, 5) is 0. The first kappa shape index (κ1) is 13.2. The van der Waals surface area contributed by atoms with Gasteiger partial charge in [0.2, 0.25) is 0 Å². The predicted molar refractivity (Wildman–Crippen MR) is 71.4 cm³/mol. The first-order chi connectivity index (χ1) is 7.42. The summed E-state index contributed by atoms with van der Waals surface area (Å²) in [6, 6.07) is 8.60. The summed E-state index contributed by atoms with van der Waals surface area (Å²) >= 11 is 0. The van der Waals surface area contributed by atoms with Crippen LogP contribution in [0, 0.1) is 12.8 Å². The molecule has 0 bridgehead atoms. The van der Waals surface area contributed by atoms with Gasteiger partial charge >= 0.3 is 0 Å². The van der Waals surface area contributed by atoms with Gasteiger partial charge in [0, 0.05) is 5.54 Å². The first-order valence-electron chi connectivity index (χ1n) is 6.28. The van der Waals surface area contributed by atoms with Crippen LogP contribution in [0.1, 0.15) is 51.2 Å². The molecule has 1 heteroatoms. The quantitative estimate of drug-likeness (QED) is 0.796. The molecule has 1 nitrogen and oxygen atoms in total. The number of hydrogen-bond acceptors (Lipinski definition) is 1. The molecule has 1 unspecified atom stereocenters. The molecule has 0 radical (unpaired) electrons. The minimum Gasteiger partial charge on any atom is -0.322 e. The Morgan fingerprint density at radius 2 is 1.75 bits per heavy atom. The smallest absolute Gasteiger partial charge is 0.0381 e. The molecule has 0 aliphatic heterocycles. The van der Waals surface area contributed by atoms with E-state index < -0.39 is 0 Å². The van der Waals surface area contributed by atoms with Gasteiger partial charge in [-0.05, 0) is 31.7 Å². The highest BCUT2D eigenvalue weighted by atomic mass is 14.7. The fraction of sp³-hybridized carbons (Fsp3) is 0.600. The Morgan fingerprint density at radius 1 is 1.19 bits per heavy atom. The van der Waals surface area contributed by atoms with Crippen molar-refractivity contribution in [3.8, 4) is 0 Å². The zero-order valence-corrected chi connectivity index (χ0v) is 11.1. The number of nitrogens with two attached hydrogens (primary N) is 1. The minimum atomic E-state index is -0.178. The molecule has 1 aromatic carbocycles. The largest absolute Gasteiger partial charge is 0.322 e. The van der Waals surface area contributed by atoms with Crippen molar-refractivity contribution in [1.29, 1.82) is 0 Å². The third-order valence-electron chi connectivity index (χ3n) is 3.19. The Bertz CT molecular complexity index is 309. The number of benzene rings is 1. The van der Waals surface area contributed by atoms with Crippen LogP contribution in [-0.2, 0) is 5.54 Å². The Balaban J connectivity index is 2.59. The molecule has 0 aliphatic rings. The lowest BCUT2D eigenvalue weighted by Gasteiger charge is -2.25. The van der Waals surface area contributed by atoms with Crippen molar-refractivity contribution in [2.24, 2.45) is 11.7 Å². The highest BCUT2D eigenvalue weighted by Crippen LogP contribution is 2.25. The second-order valence-corrected chi connectivity index (χ2v) is 5.57. The molecule has 0 aliphatic carbocycles. The normalized spacial score (nSPS) is 15.1. The van der Waals surface area contributed by atoms with Crippen molar-refractivity contribution < 1.29 is 0 Å². The lowest BCUT2D eigenvalue weighted by Crippen LogP contribution is -2.32. The van der Waals surface area contributed by atoms with Crippen molar-refractivity contribution in [2.75, 3.05) is 0 Å². The van der Waals surface area contributed by atoms with Crippen LogP contribution in [0.5, 0.6) is 0 Å². The van der Waals surface area contributed by atoms with E-state index in [0.717, 1.165) is 12.3 Å². The van der Waals surface area contributed by atoms with Gasteiger partial charge in [-0.25, -0.2) is 0 Å². The van der Waals surface area contributed by atoms with Gasteiger partial charge in [0.1, 0.15) is 0 Å². The van der Waals surface area contributed by atoms with Gasteiger partial charge < -0.3 is 5.73 Å². The van der Waals surface area contributed by atoms with E-state index in [9.17, 15) is 0 Å². The average Bonchev–Trinajstić information content (AvgIpc) is 2.17. The van der Waals surface area contributed by atoms with Crippen molar-refractivity contribution >= 4 is 0 Å². The van der Waals surface area contributed by atoms with Crippen LogP contribution in [0.2, 0.25) is 0 Å². The molecule has 0 amide bonds. The SMILES string of the molecule is Cc1ccc(C(C)(N)CCCC(C)C)cc1. The Hall–Kier alpha value is -0.820. The predicted octanol–water partition coefficient (Wildman–Crippen LogP) is 4.00. The number of rotatable bonds is 5. The van der Waals surface area contributed by atoms with Gasteiger partial charge in [0.25, 0.3) is 0 Å². The van der Waals surface area contributed by atoms with Crippen LogP contribution in [0.25, 0.3) is 0 Å². The molecular formula is C15H25N. The molecule has 0 aromatic heterocycles. The maximum absolute atomic E-state index is 6.37. The average molecular weight is 219 g/mol. The minimum absolute atomic E-state index is 0.178. The second kappa shape index (κ2) is 5.49. The molecule has 0 spiro atoms. The molecule has 0 saturated carbocycles. The summed E-state index contributed by atoms with van der Waals surface area (Å²) < 4.78 is 0. The zero-order chi connectivity index (χ0) is 12.2. The highest BCUT2D eigenvalue weighted by Gasteiger charge is 2.20. The van der Waals surface area contributed by atoms with Crippen LogP contribution >= 0.6 is 0 Å². The zero-order valence-electron chi connectivity index (χ0n) is 11.1. The Labute approximate surface area is 100 Å². The van der Waals surface area contributed by atoms with Crippen LogP contribution in [0.15, 0.2) is 24.3 Å². The molecule has 0 saturated heterocycles. The Kier molecular flexibility index (Phi) is 4.55. The van der Waals surface area contributed by atoms with E-state index >= 15 is 0 Å². The molecular weight excluding hydrogens is 194 g/mol. The summed E-state index contributed by atoms with van der Waals surface area (Å²) in [6.45, 7) is 8.77. The lowest BCUT2D eigenvalue weighted by molar-refractivity contribution is 0.406. The van der Waals surface area contributed by atoms with Crippen LogP contribution in [0.4, 0.5) is 0 Å². The van der Waals surface area contributed by atoms with E-state index in [1.165, 1.54) is 24.0 Å². The maximum Gasteiger partial charge on any atom is 0.0381 e. The van der Waals surface area contributed by atoms with E-state index in [1.54, 1.807) is 0 Å². The summed E-state index contributed by atoms with van der Waals surface area (Å²) in [5, 5.41) is 0. The van der Waals surface area contributed by atoms with E-state index in [4.69, 9.17) is 5.73 Å². The van der Waals surface area contributed by atoms with Crippen molar-refractivity contribution in [1.82, 2.24) is 0 Å². The monoisotopic (exact) mass is 219 g/mol. The third-order valence-corrected chi connectivity index (χ3v) is 3.19. The highest BCUT2D eigenvalue weighted by molar-refractivity contribution is 5.26. The van der Waals surface area contributed by atoms with Gasteiger partial charge in [0.05, 0.1) is 0 Å². The van der Waals surface area contributed by atoms with E-state index in [2.05, 4.69) is 52.0 Å². The van der Waals surface area contributed by atoms with Gasteiger partial charge in [-0.15, -0.1) is 0 Å². The summed E-state index contributed by atoms with van der Waals surface area (Å²) in [5.74, 6) is 0.772. The third kappa shape index (κ3) is 3.97. The lowest BCUT2D eigenvalue weighted by atomic mass is 9.86. The maximum atomic E-state index is 6.37.